The number of benzene rings is 5. The molecule has 6 aromatic rings. The van der Waals surface area contributed by atoms with Crippen LogP contribution in [-0.2, 0) is 9.59 Å². The number of amides is 3. The van der Waals surface area contributed by atoms with E-state index >= 15 is 0 Å². The molecule has 1 aromatic heterocycles. The Morgan fingerprint density at radius 1 is 0.680 bits per heavy atom. The summed E-state index contributed by atoms with van der Waals surface area (Å²) >= 11 is 1.41. The van der Waals surface area contributed by atoms with Crippen LogP contribution in [0.5, 0.6) is 0 Å². The van der Waals surface area contributed by atoms with Gasteiger partial charge in [0.25, 0.3) is 11.8 Å². The van der Waals surface area contributed by atoms with Crippen LogP contribution in [0.15, 0.2) is 161 Å². The summed E-state index contributed by atoms with van der Waals surface area (Å²) in [6, 6.07) is 44.7. The molecule has 0 aliphatic heterocycles. The minimum Gasteiger partial charge on any atom is -0.457 e. The van der Waals surface area contributed by atoms with Crippen molar-refractivity contribution in [3.8, 4) is 11.3 Å². The van der Waals surface area contributed by atoms with Crippen LogP contribution in [-0.4, -0.2) is 17.7 Å². The first-order valence-electron chi connectivity index (χ1n) is 16.1. The van der Waals surface area contributed by atoms with Crippen LogP contribution in [0.1, 0.15) is 38.1 Å². The van der Waals surface area contributed by atoms with Gasteiger partial charge in [-0.05, 0) is 79.6 Å². The zero-order valence-corrected chi connectivity index (χ0v) is 28.4. The second-order valence-corrected chi connectivity index (χ2v) is 12.8. The van der Waals surface area contributed by atoms with Gasteiger partial charge in [0.1, 0.15) is 22.5 Å². The van der Waals surface area contributed by atoms with Gasteiger partial charge in [0, 0.05) is 33.5 Å². The van der Waals surface area contributed by atoms with E-state index in [0.29, 0.717) is 22.8 Å². The molecule has 0 bridgehead atoms. The van der Waals surface area contributed by atoms with Crippen LogP contribution in [0.4, 0.5) is 11.4 Å². The van der Waals surface area contributed by atoms with E-state index in [9.17, 15) is 14.4 Å². The Kier molecular flexibility index (Phi) is 10.7. The quantitative estimate of drug-likeness (QED) is 0.0937. The zero-order valence-electron chi connectivity index (χ0n) is 27.6. The maximum absolute atomic E-state index is 13.6. The standard InChI is InChI=1S/C42H35N3O4S/c1-28-17-19-30(20-18-28)38-26-23-34(49-38)27-37(45-40(46)32-14-7-4-8-15-32)41(47)43-33-21-24-35(25-22-33)50-39(31-12-5-3-6-13-31)42(48)44-36-16-10-9-11-29(36)2/h3-27,39H,1-2H3,(H,43,47)(H,44,48)(H,45,46)/b37-27-. The molecule has 3 N–H and O–H groups in total. The average molecular weight is 678 g/mol. The number of thioether (sulfide) groups is 1. The van der Waals surface area contributed by atoms with E-state index in [1.165, 1.54) is 17.8 Å². The maximum atomic E-state index is 13.6. The molecule has 0 saturated heterocycles. The molecule has 0 spiro atoms. The van der Waals surface area contributed by atoms with E-state index < -0.39 is 17.1 Å². The number of aryl methyl sites for hydroxylation is 2. The molecule has 5 aromatic carbocycles. The van der Waals surface area contributed by atoms with E-state index in [1.807, 2.05) is 117 Å². The van der Waals surface area contributed by atoms with Crippen molar-refractivity contribution in [2.24, 2.45) is 0 Å². The molecule has 6 rings (SSSR count). The van der Waals surface area contributed by atoms with E-state index in [0.717, 1.165) is 32.8 Å². The van der Waals surface area contributed by atoms with Gasteiger partial charge in [-0.1, -0.05) is 96.6 Å². The second kappa shape index (κ2) is 15.9. The number of carbonyl (C=O) groups excluding carboxylic acids is 3. The topological polar surface area (TPSA) is 100 Å². The van der Waals surface area contributed by atoms with Gasteiger partial charge in [-0.2, -0.15) is 0 Å². The van der Waals surface area contributed by atoms with Crippen molar-refractivity contribution in [2.45, 2.75) is 24.0 Å². The third-order valence-corrected chi connectivity index (χ3v) is 9.15. The number of anilines is 2. The molecule has 0 aliphatic rings. The first kappa shape index (κ1) is 33.8. The molecule has 248 valence electrons. The van der Waals surface area contributed by atoms with E-state index in [1.54, 1.807) is 42.5 Å². The third-order valence-electron chi connectivity index (χ3n) is 7.89. The summed E-state index contributed by atoms with van der Waals surface area (Å²) in [5.74, 6) is -0.0513. The number of nitrogens with one attached hydrogen (secondary N) is 3. The van der Waals surface area contributed by atoms with Gasteiger partial charge in [0.05, 0.1) is 0 Å². The Bertz CT molecular complexity index is 2120. The number of rotatable bonds is 11. The predicted molar refractivity (Wildman–Crippen MR) is 201 cm³/mol. The highest BCUT2D eigenvalue weighted by Gasteiger charge is 2.23. The Morgan fingerprint density at radius 2 is 1.34 bits per heavy atom. The first-order chi connectivity index (χ1) is 24.3. The highest BCUT2D eigenvalue weighted by atomic mass is 32.2. The molecule has 0 fully saturated rings. The molecular formula is C42H35N3O4S. The molecule has 50 heavy (non-hydrogen) atoms. The molecule has 7 nitrogen and oxygen atoms in total. The van der Waals surface area contributed by atoms with Crippen LogP contribution in [0.3, 0.4) is 0 Å². The van der Waals surface area contributed by atoms with E-state index in [4.69, 9.17) is 4.42 Å². The lowest BCUT2D eigenvalue weighted by atomic mass is 10.1. The van der Waals surface area contributed by atoms with Crippen LogP contribution in [0.25, 0.3) is 17.4 Å². The minimum absolute atomic E-state index is 0.0131. The average Bonchev–Trinajstić information content (AvgIpc) is 3.61. The van der Waals surface area contributed by atoms with Crippen LogP contribution >= 0.6 is 11.8 Å². The maximum Gasteiger partial charge on any atom is 0.272 e. The smallest absolute Gasteiger partial charge is 0.272 e. The van der Waals surface area contributed by atoms with Crippen molar-refractivity contribution in [3.63, 3.8) is 0 Å². The number of hydrogen-bond donors (Lipinski definition) is 3. The van der Waals surface area contributed by atoms with Gasteiger partial charge in [-0.15, -0.1) is 11.8 Å². The molecule has 1 unspecified atom stereocenters. The first-order valence-corrected chi connectivity index (χ1v) is 16.9. The summed E-state index contributed by atoms with van der Waals surface area (Å²) in [5.41, 5.74) is 5.58. The van der Waals surface area contributed by atoms with Crippen molar-refractivity contribution in [1.29, 1.82) is 0 Å². The Hall–Kier alpha value is -6.12. The summed E-state index contributed by atoms with van der Waals surface area (Å²) in [6.07, 6.45) is 1.51. The molecule has 1 atom stereocenters. The van der Waals surface area contributed by atoms with Gasteiger partial charge >= 0.3 is 0 Å². The fraction of sp³-hybridized carbons (Fsp3) is 0.0714. The van der Waals surface area contributed by atoms with Crippen LogP contribution < -0.4 is 16.0 Å². The lowest BCUT2D eigenvalue weighted by Gasteiger charge is -2.18. The molecule has 0 saturated carbocycles. The summed E-state index contributed by atoms with van der Waals surface area (Å²) in [5, 5.41) is 8.19. The number of para-hydroxylation sites is 1. The van der Waals surface area contributed by atoms with Crippen molar-refractivity contribution in [2.75, 3.05) is 10.6 Å². The third kappa shape index (κ3) is 8.66. The zero-order chi connectivity index (χ0) is 34.9. The fourth-order valence-electron chi connectivity index (χ4n) is 5.15. The van der Waals surface area contributed by atoms with Crippen molar-refractivity contribution < 1.29 is 18.8 Å². The van der Waals surface area contributed by atoms with E-state index in [-0.39, 0.29) is 11.6 Å². The summed E-state index contributed by atoms with van der Waals surface area (Å²) in [4.78, 5) is 41.2. The lowest BCUT2D eigenvalue weighted by Crippen LogP contribution is -2.30. The van der Waals surface area contributed by atoms with Crippen LogP contribution in [0.2, 0.25) is 0 Å². The Morgan fingerprint density at radius 3 is 2.04 bits per heavy atom. The lowest BCUT2D eigenvalue weighted by molar-refractivity contribution is -0.116. The summed E-state index contributed by atoms with van der Waals surface area (Å²) in [7, 11) is 0. The molecule has 0 aliphatic carbocycles. The van der Waals surface area contributed by atoms with Gasteiger partial charge in [0.15, 0.2) is 0 Å². The van der Waals surface area contributed by atoms with Crippen molar-refractivity contribution >= 4 is 46.9 Å². The minimum atomic E-state index is -0.525. The molecule has 3 amide bonds. The molecule has 1 heterocycles. The van der Waals surface area contributed by atoms with Crippen LogP contribution in [0, 0.1) is 13.8 Å². The molecule has 8 heteroatoms. The van der Waals surface area contributed by atoms with Crippen molar-refractivity contribution in [1.82, 2.24) is 5.32 Å². The Balaban J connectivity index is 1.20. The van der Waals surface area contributed by atoms with Gasteiger partial charge in [-0.3, -0.25) is 14.4 Å². The summed E-state index contributed by atoms with van der Waals surface area (Å²) in [6.45, 7) is 3.97. The monoisotopic (exact) mass is 677 g/mol. The summed E-state index contributed by atoms with van der Waals surface area (Å²) < 4.78 is 6.04. The van der Waals surface area contributed by atoms with Crippen molar-refractivity contribution in [3.05, 3.63) is 179 Å². The largest absolute Gasteiger partial charge is 0.457 e. The highest BCUT2D eigenvalue weighted by Crippen LogP contribution is 2.37. The Labute approximate surface area is 295 Å². The van der Waals surface area contributed by atoms with Gasteiger partial charge in [0.2, 0.25) is 5.91 Å². The van der Waals surface area contributed by atoms with Gasteiger partial charge < -0.3 is 20.4 Å². The SMILES string of the molecule is Cc1ccc(-c2ccc(/C=C(\NC(=O)c3ccccc3)C(=O)Nc3ccc(SC(C(=O)Nc4ccccc4C)c4ccccc4)cc3)o2)cc1. The van der Waals surface area contributed by atoms with E-state index in [2.05, 4.69) is 16.0 Å². The number of hydrogen-bond acceptors (Lipinski definition) is 5. The highest BCUT2D eigenvalue weighted by molar-refractivity contribution is 8.00. The number of carbonyl (C=O) groups is 3. The second-order valence-electron chi connectivity index (χ2n) is 11.6. The molecule has 0 radical (unpaired) electrons. The number of furan rings is 1. The predicted octanol–water partition coefficient (Wildman–Crippen LogP) is 9.45. The van der Waals surface area contributed by atoms with Gasteiger partial charge in [-0.25, -0.2) is 0 Å². The fourth-order valence-corrected chi connectivity index (χ4v) is 6.18. The normalized spacial score (nSPS) is 11.8. The molecular weight excluding hydrogens is 643 g/mol.